The third-order valence-corrected chi connectivity index (χ3v) is 3.97. The van der Waals surface area contributed by atoms with Gasteiger partial charge in [-0.05, 0) is 25.8 Å². The predicted molar refractivity (Wildman–Crippen MR) is 71.1 cm³/mol. The highest BCUT2D eigenvalue weighted by molar-refractivity contribution is 5.83. The summed E-state index contributed by atoms with van der Waals surface area (Å²) in [5, 5.41) is 9.12. The van der Waals surface area contributed by atoms with Crippen molar-refractivity contribution in [3.8, 4) is 0 Å². The van der Waals surface area contributed by atoms with E-state index in [1.165, 1.54) is 4.90 Å². The SMILES string of the molecule is CCCN1CCN(C(=O)N2CCC[C@H]2C(=O)O)CC1. The van der Waals surface area contributed by atoms with Crippen LogP contribution in [0.5, 0.6) is 0 Å². The van der Waals surface area contributed by atoms with Crippen molar-refractivity contribution < 1.29 is 14.7 Å². The zero-order chi connectivity index (χ0) is 13.8. The summed E-state index contributed by atoms with van der Waals surface area (Å²) in [4.78, 5) is 29.1. The van der Waals surface area contributed by atoms with Crippen LogP contribution in [0.15, 0.2) is 0 Å². The van der Waals surface area contributed by atoms with Gasteiger partial charge in [-0.15, -0.1) is 0 Å². The number of carbonyl (C=O) groups excluding carboxylic acids is 1. The van der Waals surface area contributed by atoms with Gasteiger partial charge >= 0.3 is 12.0 Å². The van der Waals surface area contributed by atoms with E-state index < -0.39 is 12.0 Å². The van der Waals surface area contributed by atoms with Crippen molar-refractivity contribution in [3.63, 3.8) is 0 Å². The fourth-order valence-electron chi connectivity index (χ4n) is 2.91. The molecular formula is C13H23N3O3. The molecule has 6 heteroatoms. The van der Waals surface area contributed by atoms with E-state index in [-0.39, 0.29) is 6.03 Å². The summed E-state index contributed by atoms with van der Waals surface area (Å²) in [7, 11) is 0. The maximum absolute atomic E-state index is 12.3. The Morgan fingerprint density at radius 3 is 2.42 bits per heavy atom. The lowest BCUT2D eigenvalue weighted by molar-refractivity contribution is -0.141. The van der Waals surface area contributed by atoms with Gasteiger partial charge in [-0.1, -0.05) is 6.92 Å². The fraction of sp³-hybridized carbons (Fsp3) is 0.846. The largest absolute Gasteiger partial charge is 0.480 e. The molecule has 2 amide bonds. The summed E-state index contributed by atoms with van der Waals surface area (Å²) in [5.41, 5.74) is 0. The van der Waals surface area contributed by atoms with Crippen molar-refractivity contribution in [2.24, 2.45) is 0 Å². The molecule has 2 rings (SSSR count). The van der Waals surface area contributed by atoms with Crippen molar-refractivity contribution in [2.75, 3.05) is 39.3 Å². The number of hydrogen-bond donors (Lipinski definition) is 1. The second-order valence-electron chi connectivity index (χ2n) is 5.30. The van der Waals surface area contributed by atoms with Crippen LogP contribution >= 0.6 is 0 Å². The summed E-state index contributed by atoms with van der Waals surface area (Å²) >= 11 is 0. The number of carboxylic acids is 1. The van der Waals surface area contributed by atoms with E-state index in [1.54, 1.807) is 4.90 Å². The molecule has 0 aromatic carbocycles. The minimum Gasteiger partial charge on any atom is -0.480 e. The predicted octanol–water partition coefficient (Wildman–Crippen LogP) is 0.683. The number of piperazine rings is 1. The van der Waals surface area contributed by atoms with Crippen LogP contribution in [0.1, 0.15) is 26.2 Å². The highest BCUT2D eigenvalue weighted by Crippen LogP contribution is 2.20. The molecule has 0 aromatic rings. The number of hydrogen-bond acceptors (Lipinski definition) is 3. The van der Waals surface area contributed by atoms with E-state index in [1.807, 2.05) is 0 Å². The lowest BCUT2D eigenvalue weighted by Gasteiger charge is -2.37. The van der Waals surface area contributed by atoms with Gasteiger partial charge in [0.15, 0.2) is 0 Å². The van der Waals surface area contributed by atoms with Gasteiger partial charge in [-0.3, -0.25) is 4.90 Å². The number of nitrogens with zero attached hydrogens (tertiary/aromatic N) is 3. The highest BCUT2D eigenvalue weighted by atomic mass is 16.4. The Labute approximate surface area is 114 Å². The van der Waals surface area contributed by atoms with Crippen molar-refractivity contribution >= 4 is 12.0 Å². The zero-order valence-corrected chi connectivity index (χ0v) is 11.5. The molecule has 0 saturated carbocycles. The van der Waals surface area contributed by atoms with Crippen LogP contribution in [0.2, 0.25) is 0 Å². The first-order valence-electron chi connectivity index (χ1n) is 7.14. The van der Waals surface area contributed by atoms with Gasteiger partial charge in [-0.2, -0.15) is 0 Å². The van der Waals surface area contributed by atoms with Crippen LogP contribution in [0, 0.1) is 0 Å². The maximum atomic E-state index is 12.3. The molecule has 2 fully saturated rings. The molecule has 0 radical (unpaired) electrons. The molecule has 0 aromatic heterocycles. The smallest absolute Gasteiger partial charge is 0.326 e. The van der Waals surface area contributed by atoms with E-state index in [4.69, 9.17) is 5.11 Å². The fourth-order valence-corrected chi connectivity index (χ4v) is 2.91. The van der Waals surface area contributed by atoms with Gasteiger partial charge in [0.1, 0.15) is 6.04 Å². The molecule has 0 aliphatic carbocycles. The molecule has 0 spiro atoms. The average molecular weight is 269 g/mol. The molecule has 1 atom stereocenters. The Morgan fingerprint density at radius 1 is 1.16 bits per heavy atom. The van der Waals surface area contributed by atoms with Crippen LogP contribution in [-0.2, 0) is 4.79 Å². The van der Waals surface area contributed by atoms with Crippen LogP contribution in [-0.4, -0.2) is 77.1 Å². The van der Waals surface area contributed by atoms with E-state index >= 15 is 0 Å². The van der Waals surface area contributed by atoms with Crippen molar-refractivity contribution in [1.82, 2.24) is 14.7 Å². The van der Waals surface area contributed by atoms with E-state index in [0.29, 0.717) is 26.1 Å². The minimum absolute atomic E-state index is 0.0963. The summed E-state index contributed by atoms with van der Waals surface area (Å²) in [6.07, 6.45) is 2.50. The topological polar surface area (TPSA) is 64.1 Å². The van der Waals surface area contributed by atoms with E-state index in [0.717, 1.165) is 32.5 Å². The van der Waals surface area contributed by atoms with Crippen molar-refractivity contribution in [3.05, 3.63) is 0 Å². The lowest BCUT2D eigenvalue weighted by Crippen LogP contribution is -2.54. The Balaban J connectivity index is 1.89. The first-order valence-corrected chi connectivity index (χ1v) is 7.14. The minimum atomic E-state index is -0.879. The number of likely N-dealkylation sites (tertiary alicyclic amines) is 1. The number of amides is 2. The van der Waals surface area contributed by atoms with Crippen molar-refractivity contribution in [2.45, 2.75) is 32.2 Å². The normalized spacial score (nSPS) is 24.8. The number of urea groups is 1. The summed E-state index contributed by atoms with van der Waals surface area (Å²) < 4.78 is 0. The van der Waals surface area contributed by atoms with Gasteiger partial charge in [0, 0.05) is 32.7 Å². The number of carboxylic acid groups (broad SMARTS) is 1. The van der Waals surface area contributed by atoms with Gasteiger partial charge in [0.2, 0.25) is 0 Å². The molecule has 0 bridgehead atoms. The molecule has 2 heterocycles. The lowest BCUT2D eigenvalue weighted by atomic mass is 10.2. The standard InChI is InChI=1S/C13H23N3O3/c1-2-5-14-7-9-15(10-8-14)13(19)16-6-3-4-11(16)12(17)18/h11H,2-10H2,1H3,(H,17,18)/t11-/m0/s1. The van der Waals surface area contributed by atoms with Gasteiger partial charge in [0.05, 0.1) is 0 Å². The Hall–Kier alpha value is -1.30. The van der Waals surface area contributed by atoms with Crippen LogP contribution in [0.25, 0.3) is 0 Å². The Kier molecular flexibility index (Phi) is 4.63. The van der Waals surface area contributed by atoms with Crippen LogP contribution in [0.4, 0.5) is 4.79 Å². The van der Waals surface area contributed by atoms with E-state index in [9.17, 15) is 9.59 Å². The molecule has 19 heavy (non-hydrogen) atoms. The van der Waals surface area contributed by atoms with Crippen molar-refractivity contribution in [1.29, 1.82) is 0 Å². The first kappa shape index (κ1) is 14.1. The molecule has 2 aliphatic heterocycles. The highest BCUT2D eigenvalue weighted by Gasteiger charge is 2.36. The average Bonchev–Trinajstić information content (AvgIpc) is 2.88. The molecular weight excluding hydrogens is 246 g/mol. The Morgan fingerprint density at radius 2 is 1.84 bits per heavy atom. The van der Waals surface area contributed by atoms with Gasteiger partial charge in [0.25, 0.3) is 0 Å². The molecule has 6 nitrogen and oxygen atoms in total. The number of carbonyl (C=O) groups is 2. The monoisotopic (exact) mass is 269 g/mol. The van der Waals surface area contributed by atoms with Gasteiger partial charge < -0.3 is 14.9 Å². The van der Waals surface area contributed by atoms with Crippen LogP contribution in [0.3, 0.4) is 0 Å². The molecule has 0 unspecified atom stereocenters. The number of aliphatic carboxylic acids is 1. The van der Waals surface area contributed by atoms with E-state index in [2.05, 4.69) is 11.8 Å². The summed E-state index contributed by atoms with van der Waals surface area (Å²) in [6, 6.07) is -0.720. The second-order valence-corrected chi connectivity index (χ2v) is 5.30. The molecule has 2 aliphatic rings. The second kappa shape index (κ2) is 6.23. The maximum Gasteiger partial charge on any atom is 0.326 e. The third kappa shape index (κ3) is 3.18. The number of rotatable bonds is 3. The molecule has 108 valence electrons. The Bertz CT molecular complexity index is 340. The summed E-state index contributed by atoms with van der Waals surface area (Å²) in [5.74, 6) is -0.879. The third-order valence-electron chi connectivity index (χ3n) is 3.97. The quantitative estimate of drug-likeness (QED) is 0.818. The molecule has 1 N–H and O–H groups in total. The van der Waals surface area contributed by atoms with Crippen LogP contribution < -0.4 is 0 Å². The molecule has 2 saturated heterocycles. The first-order chi connectivity index (χ1) is 9.13. The van der Waals surface area contributed by atoms with Gasteiger partial charge in [-0.25, -0.2) is 9.59 Å². The summed E-state index contributed by atoms with van der Waals surface area (Å²) in [6.45, 7) is 7.01. The zero-order valence-electron chi connectivity index (χ0n) is 11.5.